The minimum atomic E-state index is -4.43. The molecule has 0 spiro atoms. The third kappa shape index (κ3) is 4.60. The number of nitriles is 1. The van der Waals surface area contributed by atoms with E-state index >= 15 is 0 Å². The number of hydrogen-bond donors (Lipinski definition) is 2. The number of H-pyrrole nitrogens is 1. The van der Waals surface area contributed by atoms with E-state index < -0.39 is 21.8 Å². The first-order chi connectivity index (χ1) is 14.0. The molecule has 9 heteroatoms. The van der Waals surface area contributed by atoms with E-state index in [1.54, 1.807) is 25.3 Å². The molecule has 3 rings (SSSR count). The minimum Gasteiger partial charge on any atom is -0.359 e. The summed E-state index contributed by atoms with van der Waals surface area (Å²) in [6.07, 6.45) is -1.02. The van der Waals surface area contributed by atoms with Gasteiger partial charge in [-0.2, -0.15) is 18.4 Å². The maximum Gasteiger partial charge on any atom is 0.416 e. The number of sulfonamides is 1. The van der Waals surface area contributed by atoms with Gasteiger partial charge < -0.3 is 4.98 Å². The van der Waals surface area contributed by atoms with Gasteiger partial charge in [0.25, 0.3) is 0 Å². The summed E-state index contributed by atoms with van der Waals surface area (Å²) in [4.78, 5) is 3.07. The number of halogens is 3. The van der Waals surface area contributed by atoms with E-state index in [0.717, 1.165) is 29.3 Å². The van der Waals surface area contributed by atoms with Gasteiger partial charge in [-0.3, -0.25) is 4.72 Å². The molecule has 1 aromatic heterocycles. The normalized spacial score (nSPS) is 13.2. The summed E-state index contributed by atoms with van der Waals surface area (Å²) in [6.45, 7) is 1.62. The third-order valence-electron chi connectivity index (χ3n) is 4.94. The van der Waals surface area contributed by atoms with Gasteiger partial charge in [0.2, 0.25) is 10.0 Å². The first kappa shape index (κ1) is 21.7. The third-order valence-corrected chi connectivity index (χ3v) is 5.53. The van der Waals surface area contributed by atoms with Crippen molar-refractivity contribution >= 4 is 26.6 Å². The van der Waals surface area contributed by atoms with E-state index in [1.807, 2.05) is 6.07 Å². The lowest BCUT2D eigenvalue weighted by molar-refractivity contribution is -0.137. The van der Waals surface area contributed by atoms with Gasteiger partial charge >= 0.3 is 6.18 Å². The zero-order valence-corrected chi connectivity index (χ0v) is 17.2. The summed E-state index contributed by atoms with van der Waals surface area (Å²) >= 11 is 0. The molecule has 1 unspecified atom stereocenters. The van der Waals surface area contributed by atoms with Crippen LogP contribution in [0.25, 0.3) is 10.9 Å². The summed E-state index contributed by atoms with van der Waals surface area (Å²) in [5, 5.41) is 9.82. The van der Waals surface area contributed by atoms with Gasteiger partial charge in [0.1, 0.15) is 0 Å². The van der Waals surface area contributed by atoms with Crippen LogP contribution >= 0.6 is 0 Å². The molecule has 0 amide bonds. The van der Waals surface area contributed by atoms with Gasteiger partial charge in [0.15, 0.2) is 0 Å². The number of fused-ring (bicyclic) bond motifs is 1. The van der Waals surface area contributed by atoms with Crippen LogP contribution in [-0.2, 0) is 16.2 Å². The Kier molecular flexibility index (Phi) is 5.81. The van der Waals surface area contributed by atoms with Crippen molar-refractivity contribution < 1.29 is 21.6 Å². The van der Waals surface area contributed by atoms with Crippen LogP contribution in [0, 0.1) is 18.3 Å². The second-order valence-corrected chi connectivity index (χ2v) is 8.91. The first-order valence-electron chi connectivity index (χ1n) is 9.13. The number of alkyl halides is 3. The Hall–Kier alpha value is -2.99. The van der Waals surface area contributed by atoms with Crippen molar-refractivity contribution in [2.24, 2.45) is 0 Å². The predicted molar refractivity (Wildman–Crippen MR) is 110 cm³/mol. The van der Waals surface area contributed by atoms with E-state index in [9.17, 15) is 21.6 Å². The number of aryl methyl sites for hydroxylation is 1. The molecule has 0 aliphatic carbocycles. The van der Waals surface area contributed by atoms with E-state index in [2.05, 4.69) is 15.8 Å². The van der Waals surface area contributed by atoms with E-state index in [1.165, 1.54) is 6.07 Å². The summed E-state index contributed by atoms with van der Waals surface area (Å²) < 4.78 is 64.9. The number of nitrogens with one attached hydrogen (secondary N) is 2. The highest BCUT2D eigenvalue weighted by atomic mass is 32.2. The van der Waals surface area contributed by atoms with E-state index in [-0.39, 0.29) is 12.3 Å². The fraction of sp³-hybridized carbons (Fsp3) is 0.286. The summed E-state index contributed by atoms with van der Waals surface area (Å²) in [6, 6.07) is 10.8. The molecule has 5 nitrogen and oxygen atoms in total. The first-order valence-corrected chi connectivity index (χ1v) is 11.0. The van der Waals surface area contributed by atoms with Crippen LogP contribution in [0.1, 0.15) is 41.0 Å². The van der Waals surface area contributed by atoms with Gasteiger partial charge in [-0.05, 0) is 48.2 Å². The van der Waals surface area contributed by atoms with Gasteiger partial charge in [0, 0.05) is 23.9 Å². The Morgan fingerprint density at radius 3 is 2.53 bits per heavy atom. The van der Waals surface area contributed by atoms with Crippen molar-refractivity contribution in [3.8, 4) is 6.07 Å². The van der Waals surface area contributed by atoms with Crippen LogP contribution in [0.3, 0.4) is 0 Å². The average molecular weight is 435 g/mol. The Morgan fingerprint density at radius 2 is 1.93 bits per heavy atom. The number of aromatic nitrogens is 1. The van der Waals surface area contributed by atoms with Gasteiger partial charge in [-0.15, -0.1) is 0 Å². The van der Waals surface area contributed by atoms with Crippen LogP contribution in [0.2, 0.25) is 0 Å². The molecule has 2 aromatic carbocycles. The number of rotatable bonds is 6. The Morgan fingerprint density at radius 1 is 1.20 bits per heavy atom. The lowest BCUT2D eigenvalue weighted by Crippen LogP contribution is -2.10. The lowest BCUT2D eigenvalue weighted by Gasteiger charge is -2.20. The summed E-state index contributed by atoms with van der Waals surface area (Å²) in [7, 11) is -3.49. The van der Waals surface area contributed by atoms with Crippen molar-refractivity contribution in [1.82, 2.24) is 4.98 Å². The van der Waals surface area contributed by atoms with Gasteiger partial charge in [-0.1, -0.05) is 18.2 Å². The zero-order valence-electron chi connectivity index (χ0n) is 16.3. The van der Waals surface area contributed by atoms with Crippen LogP contribution in [0.5, 0.6) is 0 Å². The quantitative estimate of drug-likeness (QED) is 0.551. The van der Waals surface area contributed by atoms with E-state index in [0.29, 0.717) is 28.8 Å². The van der Waals surface area contributed by atoms with Crippen molar-refractivity contribution in [1.29, 1.82) is 5.26 Å². The van der Waals surface area contributed by atoms with Crippen LogP contribution in [0.4, 0.5) is 18.9 Å². The SMILES string of the molecule is Cc1cc(C(F)(F)F)ccc1C(CCC#N)c1c[nH]c2c(NS(C)(=O)=O)cccc12. The molecule has 0 saturated carbocycles. The highest BCUT2D eigenvalue weighted by molar-refractivity contribution is 7.92. The zero-order chi connectivity index (χ0) is 22.1. The molecular weight excluding hydrogens is 415 g/mol. The van der Waals surface area contributed by atoms with Gasteiger partial charge in [-0.25, -0.2) is 8.42 Å². The van der Waals surface area contributed by atoms with Crippen molar-refractivity contribution in [2.45, 2.75) is 31.9 Å². The topological polar surface area (TPSA) is 85.8 Å². The smallest absolute Gasteiger partial charge is 0.359 e. The molecular formula is C21H20F3N3O2S. The molecule has 0 fully saturated rings. The number of nitrogens with zero attached hydrogens (tertiary/aromatic N) is 1. The van der Waals surface area contributed by atoms with Crippen molar-refractivity contribution in [2.75, 3.05) is 11.0 Å². The largest absolute Gasteiger partial charge is 0.416 e. The number of anilines is 1. The number of para-hydroxylation sites is 1. The molecule has 3 aromatic rings. The monoisotopic (exact) mass is 435 g/mol. The molecule has 158 valence electrons. The highest BCUT2D eigenvalue weighted by Crippen LogP contribution is 2.39. The molecule has 0 radical (unpaired) electrons. The molecule has 0 saturated heterocycles. The minimum absolute atomic E-state index is 0.221. The molecule has 1 atom stereocenters. The molecule has 0 bridgehead atoms. The molecule has 30 heavy (non-hydrogen) atoms. The maximum absolute atomic E-state index is 13.1. The fourth-order valence-corrected chi connectivity index (χ4v) is 4.25. The maximum atomic E-state index is 13.1. The second-order valence-electron chi connectivity index (χ2n) is 7.16. The molecule has 0 aliphatic rings. The molecule has 1 heterocycles. The lowest BCUT2D eigenvalue weighted by atomic mass is 9.84. The summed E-state index contributed by atoms with van der Waals surface area (Å²) in [5.41, 5.74) is 2.20. The standard InChI is InChI=1S/C21H20F3N3O2S/c1-13-11-14(21(22,23)24)8-9-15(13)16(6-4-10-25)18-12-26-20-17(18)5-3-7-19(20)27-30(2,28)29/h3,5,7-9,11-12,16,26-27H,4,6H2,1-2H3. The van der Waals surface area contributed by atoms with Crippen LogP contribution in [-0.4, -0.2) is 19.7 Å². The number of benzene rings is 2. The number of hydrogen-bond acceptors (Lipinski definition) is 3. The highest BCUT2D eigenvalue weighted by Gasteiger charge is 2.31. The number of aromatic amines is 1. The second kappa shape index (κ2) is 8.03. The Balaban J connectivity index is 2.13. The average Bonchev–Trinajstić information content (AvgIpc) is 3.06. The van der Waals surface area contributed by atoms with Gasteiger partial charge in [0.05, 0.1) is 29.1 Å². The fourth-order valence-electron chi connectivity index (χ4n) is 3.68. The van der Waals surface area contributed by atoms with E-state index in [4.69, 9.17) is 5.26 Å². The van der Waals surface area contributed by atoms with Crippen molar-refractivity contribution in [3.63, 3.8) is 0 Å². The predicted octanol–water partition coefficient (Wildman–Crippen LogP) is 5.30. The van der Waals surface area contributed by atoms with Crippen LogP contribution in [0.15, 0.2) is 42.6 Å². The Labute approximate surface area is 172 Å². The summed E-state index contributed by atoms with van der Waals surface area (Å²) in [5.74, 6) is -0.325. The van der Waals surface area contributed by atoms with Crippen LogP contribution < -0.4 is 4.72 Å². The molecule has 0 aliphatic heterocycles. The Bertz CT molecular complexity index is 1220. The molecule has 2 N–H and O–H groups in total. The van der Waals surface area contributed by atoms with Crippen molar-refractivity contribution in [3.05, 3.63) is 64.8 Å².